The van der Waals surface area contributed by atoms with Gasteiger partial charge < -0.3 is 21.5 Å². The van der Waals surface area contributed by atoms with Gasteiger partial charge >= 0.3 is 0 Å². The molecular formula is C14H23ClN6O2. The number of nitrogens with zero attached hydrogens (tertiary/aromatic N) is 1. The Bertz CT molecular complexity index is 522. The summed E-state index contributed by atoms with van der Waals surface area (Å²) >= 11 is 6.02. The topological polar surface area (TPSA) is 127 Å². The van der Waals surface area contributed by atoms with E-state index >= 15 is 0 Å². The highest BCUT2D eigenvalue weighted by molar-refractivity contribution is 6.21. The quantitative estimate of drug-likeness (QED) is 0.345. The fourth-order valence-corrected chi connectivity index (χ4v) is 2.61. The lowest BCUT2D eigenvalue weighted by Gasteiger charge is -2.35. The largest absolute Gasteiger partial charge is 0.492 e. The van der Waals surface area contributed by atoms with Crippen molar-refractivity contribution < 1.29 is 9.53 Å². The summed E-state index contributed by atoms with van der Waals surface area (Å²) in [4.78, 5) is 16.6. The van der Waals surface area contributed by atoms with Gasteiger partial charge in [0.1, 0.15) is 11.4 Å². The Morgan fingerprint density at radius 2 is 2.22 bits per heavy atom. The van der Waals surface area contributed by atoms with Gasteiger partial charge in [0.15, 0.2) is 0 Å². The summed E-state index contributed by atoms with van der Waals surface area (Å²) in [6.45, 7) is 3.50. The normalized spacial score (nSPS) is 22.7. The van der Waals surface area contributed by atoms with E-state index < -0.39 is 12.1 Å². The Morgan fingerprint density at radius 1 is 1.52 bits per heavy atom. The minimum Gasteiger partial charge on any atom is -0.492 e. The number of hydrogen-bond acceptors (Lipinski definition) is 7. The van der Waals surface area contributed by atoms with Gasteiger partial charge in [0.25, 0.3) is 0 Å². The molecule has 1 unspecified atom stereocenters. The third-order valence-corrected chi connectivity index (χ3v) is 3.84. The predicted molar refractivity (Wildman–Crippen MR) is 89.1 cm³/mol. The van der Waals surface area contributed by atoms with Crippen LogP contribution in [0.3, 0.4) is 0 Å². The minimum absolute atomic E-state index is 0.0353. The third kappa shape index (κ3) is 4.76. The second-order valence-corrected chi connectivity index (χ2v) is 5.91. The highest BCUT2D eigenvalue weighted by atomic mass is 35.5. The number of rotatable bonds is 6. The van der Waals surface area contributed by atoms with Crippen molar-refractivity contribution in [2.45, 2.75) is 24.6 Å². The summed E-state index contributed by atoms with van der Waals surface area (Å²) in [6, 6.07) is 1.69. The van der Waals surface area contributed by atoms with E-state index in [1.165, 1.54) is 6.20 Å². The van der Waals surface area contributed by atoms with E-state index in [-0.39, 0.29) is 17.5 Å². The fraction of sp³-hybridized carbons (Fsp3) is 0.571. The van der Waals surface area contributed by atoms with E-state index in [9.17, 15) is 4.79 Å². The van der Waals surface area contributed by atoms with Crippen LogP contribution >= 0.6 is 11.6 Å². The average Bonchev–Trinajstić information content (AvgIpc) is 2.51. The molecule has 0 spiro atoms. The molecule has 1 aromatic rings. The van der Waals surface area contributed by atoms with Crippen molar-refractivity contribution in [1.29, 1.82) is 0 Å². The molecule has 2 rings (SSSR count). The first-order valence-electron chi connectivity index (χ1n) is 7.52. The minimum atomic E-state index is -0.834. The molecule has 1 aliphatic heterocycles. The number of carbonyl (C=O) groups is 1. The highest BCUT2D eigenvalue weighted by Crippen LogP contribution is 2.23. The maximum Gasteiger partial charge on any atom is 0.233 e. The summed E-state index contributed by atoms with van der Waals surface area (Å²) in [6.07, 6.45) is 1.94. The van der Waals surface area contributed by atoms with Crippen LogP contribution in [0.15, 0.2) is 18.5 Å². The molecule has 1 aliphatic rings. The molecule has 1 saturated heterocycles. The number of pyridine rings is 1. The molecule has 128 valence electrons. The molecule has 1 atom stereocenters. The summed E-state index contributed by atoms with van der Waals surface area (Å²) < 4.78 is 5.47. The van der Waals surface area contributed by atoms with E-state index in [0.29, 0.717) is 31.1 Å². The Kier molecular flexibility index (Phi) is 6.55. The Hall–Kier alpha value is -1.45. The number of aromatic nitrogens is 1. The van der Waals surface area contributed by atoms with Crippen LogP contribution in [0.25, 0.3) is 0 Å². The number of alkyl halides is 1. The molecule has 0 radical (unpaired) electrons. The maximum atomic E-state index is 12.6. The lowest BCUT2D eigenvalue weighted by atomic mass is 10.00. The monoisotopic (exact) mass is 342 g/mol. The van der Waals surface area contributed by atoms with Gasteiger partial charge in [-0.05, 0) is 6.92 Å². The van der Waals surface area contributed by atoms with Crippen molar-refractivity contribution >= 4 is 23.2 Å². The van der Waals surface area contributed by atoms with Crippen molar-refractivity contribution in [3.05, 3.63) is 18.5 Å². The van der Waals surface area contributed by atoms with Crippen molar-refractivity contribution in [3.63, 3.8) is 0 Å². The Morgan fingerprint density at radius 3 is 2.83 bits per heavy atom. The molecule has 2 heterocycles. The molecule has 0 bridgehead atoms. The van der Waals surface area contributed by atoms with Gasteiger partial charge in [-0.1, -0.05) is 0 Å². The third-order valence-electron chi connectivity index (χ3n) is 3.53. The zero-order valence-electron chi connectivity index (χ0n) is 13.0. The summed E-state index contributed by atoms with van der Waals surface area (Å²) in [5.74, 6) is -0.439. The molecule has 0 aromatic carbocycles. The smallest absolute Gasteiger partial charge is 0.233 e. The number of anilines is 1. The molecule has 8 nitrogen and oxygen atoms in total. The van der Waals surface area contributed by atoms with E-state index in [2.05, 4.69) is 20.9 Å². The van der Waals surface area contributed by atoms with Gasteiger partial charge in [-0.2, -0.15) is 0 Å². The molecule has 1 amide bonds. The number of amides is 1. The lowest BCUT2D eigenvalue weighted by molar-refractivity contribution is -0.121. The second kappa shape index (κ2) is 8.42. The number of nitrogens with two attached hydrogens (primary N) is 2. The average molecular weight is 343 g/mol. The molecule has 9 heteroatoms. The lowest BCUT2D eigenvalue weighted by Crippen LogP contribution is -2.64. The van der Waals surface area contributed by atoms with Crippen LogP contribution < -0.4 is 32.2 Å². The van der Waals surface area contributed by atoms with Crippen molar-refractivity contribution in [3.8, 4) is 5.75 Å². The highest BCUT2D eigenvalue weighted by Gasteiger charge is 2.34. The number of hydrogen-bond donors (Lipinski definition) is 5. The van der Waals surface area contributed by atoms with Crippen LogP contribution in [0.2, 0.25) is 0 Å². The molecular weight excluding hydrogens is 320 g/mol. The summed E-state index contributed by atoms with van der Waals surface area (Å²) in [5, 5.41) is 9.04. The van der Waals surface area contributed by atoms with Crippen LogP contribution in [0, 0.1) is 5.92 Å². The standard InChI is InChI=1S/C14H23ClN6O2/c1-2-23-10-3-4-18-7-9(10)21-14(22)11(12(16)17)13-19-5-8(15)6-20-13/h3-4,7-8,11-13,19-20H,2,5-6,16-17H2,1H3,(H,21,22). The number of ether oxygens (including phenoxy) is 1. The van der Waals surface area contributed by atoms with E-state index in [1.54, 1.807) is 12.3 Å². The van der Waals surface area contributed by atoms with Gasteiger partial charge in [0, 0.05) is 25.4 Å². The molecule has 0 aliphatic carbocycles. The first kappa shape index (κ1) is 17.9. The van der Waals surface area contributed by atoms with Crippen LogP contribution in [0.4, 0.5) is 5.69 Å². The zero-order chi connectivity index (χ0) is 16.8. The van der Waals surface area contributed by atoms with Crippen LogP contribution in [0.1, 0.15) is 6.92 Å². The van der Waals surface area contributed by atoms with Crippen LogP contribution in [-0.2, 0) is 4.79 Å². The van der Waals surface area contributed by atoms with Crippen LogP contribution in [-0.4, -0.2) is 48.3 Å². The predicted octanol–water partition coefficient (Wildman–Crippen LogP) is -0.595. The first-order chi connectivity index (χ1) is 11.0. The summed E-state index contributed by atoms with van der Waals surface area (Å²) in [5.41, 5.74) is 12.1. The van der Waals surface area contributed by atoms with Crippen molar-refractivity contribution in [2.24, 2.45) is 17.4 Å². The van der Waals surface area contributed by atoms with Gasteiger partial charge in [-0.3, -0.25) is 20.4 Å². The van der Waals surface area contributed by atoms with Crippen molar-refractivity contribution in [2.75, 3.05) is 25.0 Å². The molecule has 23 heavy (non-hydrogen) atoms. The van der Waals surface area contributed by atoms with Crippen molar-refractivity contribution in [1.82, 2.24) is 15.6 Å². The second-order valence-electron chi connectivity index (χ2n) is 5.29. The maximum absolute atomic E-state index is 12.6. The van der Waals surface area contributed by atoms with E-state index in [4.69, 9.17) is 27.8 Å². The van der Waals surface area contributed by atoms with E-state index in [1.807, 2.05) is 6.92 Å². The number of nitrogens with one attached hydrogen (secondary N) is 3. The van der Waals surface area contributed by atoms with Gasteiger partial charge in [-0.15, -0.1) is 11.6 Å². The SMILES string of the molecule is CCOc1ccncc1NC(=O)C(C(N)N)C1NCC(Cl)CN1. The van der Waals surface area contributed by atoms with E-state index in [0.717, 1.165) is 0 Å². The molecule has 1 fully saturated rings. The number of carbonyl (C=O) groups excluding carboxylic acids is 1. The fourth-order valence-electron chi connectivity index (χ4n) is 2.43. The van der Waals surface area contributed by atoms with Gasteiger partial charge in [-0.25, -0.2) is 0 Å². The summed E-state index contributed by atoms with van der Waals surface area (Å²) in [7, 11) is 0. The molecule has 1 aromatic heterocycles. The number of halogens is 1. The molecule has 0 saturated carbocycles. The first-order valence-corrected chi connectivity index (χ1v) is 7.96. The molecule has 7 N–H and O–H groups in total. The zero-order valence-corrected chi connectivity index (χ0v) is 13.7. The van der Waals surface area contributed by atoms with Gasteiger partial charge in [0.2, 0.25) is 5.91 Å². The van der Waals surface area contributed by atoms with Crippen LogP contribution in [0.5, 0.6) is 5.75 Å². The Balaban J connectivity index is 2.10. The Labute approximate surface area is 140 Å². The van der Waals surface area contributed by atoms with Gasteiger partial charge in [0.05, 0.1) is 36.4 Å².